The highest BCUT2D eigenvalue weighted by Gasteiger charge is 2.04. The van der Waals surface area contributed by atoms with E-state index in [1.165, 1.54) is 11.6 Å². The van der Waals surface area contributed by atoms with Crippen molar-refractivity contribution in [2.24, 2.45) is 0 Å². The summed E-state index contributed by atoms with van der Waals surface area (Å²) in [5, 5.41) is 3.06. The van der Waals surface area contributed by atoms with Gasteiger partial charge in [-0.15, -0.1) is 0 Å². The number of carbonyl (C=O) groups excluding carboxylic acids is 1. The van der Waals surface area contributed by atoms with Gasteiger partial charge in [-0.1, -0.05) is 31.2 Å². The van der Waals surface area contributed by atoms with E-state index in [9.17, 15) is 4.79 Å². The summed E-state index contributed by atoms with van der Waals surface area (Å²) < 4.78 is 10.4. The molecule has 0 saturated heterocycles. The van der Waals surface area contributed by atoms with Crippen molar-refractivity contribution in [2.75, 3.05) is 19.5 Å². The second-order valence-electron chi connectivity index (χ2n) is 4.96. The highest BCUT2D eigenvalue weighted by molar-refractivity contribution is 6.04. The summed E-state index contributed by atoms with van der Waals surface area (Å²) in [4.78, 5) is 12.1. The molecule has 1 N–H and O–H groups in total. The van der Waals surface area contributed by atoms with Gasteiger partial charge in [0.2, 0.25) is 0 Å². The quantitative estimate of drug-likeness (QED) is 0.618. The molecule has 0 atom stereocenters. The average molecular weight is 311 g/mol. The molecule has 4 heteroatoms. The van der Waals surface area contributed by atoms with Crippen LogP contribution in [0.5, 0.6) is 11.5 Å². The molecule has 0 heterocycles. The molecule has 0 radical (unpaired) electrons. The second kappa shape index (κ2) is 8.03. The Hall–Kier alpha value is -2.75. The van der Waals surface area contributed by atoms with Gasteiger partial charge in [-0.05, 0) is 24.1 Å². The molecule has 0 saturated carbocycles. The molecule has 0 aliphatic rings. The number of hydrogen-bond donors (Lipinski definition) is 1. The third kappa shape index (κ3) is 4.36. The monoisotopic (exact) mass is 311 g/mol. The van der Waals surface area contributed by atoms with E-state index in [4.69, 9.17) is 9.47 Å². The Balaban J connectivity index is 2.04. The third-order valence-corrected chi connectivity index (χ3v) is 3.53. The number of rotatable bonds is 7. The van der Waals surface area contributed by atoms with E-state index in [0.29, 0.717) is 17.1 Å². The minimum absolute atomic E-state index is 0.0485. The number of anilines is 1. The van der Waals surface area contributed by atoms with Gasteiger partial charge in [0.05, 0.1) is 19.9 Å². The number of benzene rings is 2. The smallest absolute Gasteiger partial charge is 0.187 e. The predicted molar refractivity (Wildman–Crippen MR) is 92.5 cm³/mol. The van der Waals surface area contributed by atoms with Crippen LogP contribution in [0.25, 0.3) is 0 Å². The Kier molecular flexibility index (Phi) is 5.80. The minimum atomic E-state index is -0.0485. The molecule has 2 aromatic rings. The molecule has 2 aromatic carbocycles. The van der Waals surface area contributed by atoms with Crippen LogP contribution in [0.2, 0.25) is 0 Å². The number of aryl methyl sites for hydroxylation is 1. The Morgan fingerprint density at radius 1 is 1.09 bits per heavy atom. The van der Waals surface area contributed by atoms with Crippen molar-refractivity contribution < 1.29 is 14.3 Å². The Morgan fingerprint density at radius 3 is 2.43 bits per heavy atom. The van der Waals surface area contributed by atoms with Crippen LogP contribution in [0, 0.1) is 0 Å². The molecule has 0 spiro atoms. The van der Waals surface area contributed by atoms with Gasteiger partial charge in [0.25, 0.3) is 0 Å². The zero-order valence-corrected chi connectivity index (χ0v) is 13.6. The van der Waals surface area contributed by atoms with E-state index in [-0.39, 0.29) is 5.78 Å². The van der Waals surface area contributed by atoms with E-state index in [1.54, 1.807) is 26.5 Å². The van der Waals surface area contributed by atoms with Gasteiger partial charge >= 0.3 is 0 Å². The van der Waals surface area contributed by atoms with Crippen LogP contribution in [0.4, 0.5) is 5.69 Å². The molecular weight excluding hydrogens is 290 g/mol. The summed E-state index contributed by atoms with van der Waals surface area (Å²) in [6.07, 6.45) is 4.08. The maximum atomic E-state index is 12.1. The summed E-state index contributed by atoms with van der Waals surface area (Å²) in [5.74, 6) is 1.31. The van der Waals surface area contributed by atoms with Crippen molar-refractivity contribution in [3.63, 3.8) is 0 Å². The maximum absolute atomic E-state index is 12.1. The van der Waals surface area contributed by atoms with E-state index >= 15 is 0 Å². The number of methoxy groups -OCH3 is 2. The van der Waals surface area contributed by atoms with Crippen molar-refractivity contribution in [1.29, 1.82) is 0 Å². The van der Waals surface area contributed by atoms with Crippen LogP contribution < -0.4 is 14.8 Å². The summed E-state index contributed by atoms with van der Waals surface area (Å²) >= 11 is 0. The largest absolute Gasteiger partial charge is 0.497 e. The summed E-state index contributed by atoms with van der Waals surface area (Å²) in [5.41, 5.74) is 2.65. The van der Waals surface area contributed by atoms with Crippen molar-refractivity contribution >= 4 is 11.5 Å². The number of ketones is 1. The van der Waals surface area contributed by atoms with Crippen LogP contribution in [0.15, 0.2) is 54.7 Å². The Labute approximate surface area is 136 Å². The average Bonchev–Trinajstić information content (AvgIpc) is 2.61. The van der Waals surface area contributed by atoms with Crippen LogP contribution in [0.3, 0.4) is 0 Å². The fourth-order valence-corrected chi connectivity index (χ4v) is 2.13. The molecule has 0 aliphatic carbocycles. The normalized spacial score (nSPS) is 10.6. The number of ether oxygens (including phenoxy) is 2. The van der Waals surface area contributed by atoms with Crippen LogP contribution in [-0.4, -0.2) is 20.0 Å². The molecule has 23 heavy (non-hydrogen) atoms. The van der Waals surface area contributed by atoms with Gasteiger partial charge in [0.15, 0.2) is 5.78 Å². The fraction of sp³-hybridized carbons (Fsp3) is 0.211. The van der Waals surface area contributed by atoms with Crippen molar-refractivity contribution in [3.8, 4) is 11.5 Å². The first-order valence-electron chi connectivity index (χ1n) is 7.46. The van der Waals surface area contributed by atoms with Crippen LogP contribution >= 0.6 is 0 Å². The van der Waals surface area contributed by atoms with Crippen LogP contribution in [0.1, 0.15) is 22.8 Å². The summed E-state index contributed by atoms with van der Waals surface area (Å²) in [7, 11) is 3.19. The molecule has 0 amide bonds. The lowest BCUT2D eigenvalue weighted by molar-refractivity contribution is 0.104. The number of allylic oxidation sites excluding steroid dienone is 1. The number of hydrogen-bond acceptors (Lipinski definition) is 4. The van der Waals surface area contributed by atoms with Crippen molar-refractivity contribution in [2.45, 2.75) is 13.3 Å². The molecular formula is C19H21NO3. The first-order valence-corrected chi connectivity index (χ1v) is 7.46. The molecule has 0 unspecified atom stereocenters. The minimum Gasteiger partial charge on any atom is -0.497 e. The molecule has 2 rings (SSSR count). The first kappa shape index (κ1) is 16.6. The van der Waals surface area contributed by atoms with Crippen molar-refractivity contribution in [3.05, 3.63) is 65.9 Å². The topological polar surface area (TPSA) is 47.6 Å². The molecule has 0 fully saturated rings. The zero-order chi connectivity index (χ0) is 16.7. The maximum Gasteiger partial charge on any atom is 0.187 e. The second-order valence-corrected chi connectivity index (χ2v) is 4.96. The molecule has 4 nitrogen and oxygen atoms in total. The lowest BCUT2D eigenvalue weighted by Gasteiger charge is -2.09. The summed E-state index contributed by atoms with van der Waals surface area (Å²) in [6.45, 7) is 2.09. The SMILES string of the molecule is CCc1ccc(C(=O)/C=C\Nc2ccc(OC)cc2OC)cc1. The van der Waals surface area contributed by atoms with E-state index in [1.807, 2.05) is 36.4 Å². The van der Waals surface area contributed by atoms with Gasteiger partial charge in [0.1, 0.15) is 11.5 Å². The highest BCUT2D eigenvalue weighted by Crippen LogP contribution is 2.28. The zero-order valence-electron chi connectivity index (χ0n) is 13.6. The van der Waals surface area contributed by atoms with E-state index in [2.05, 4.69) is 12.2 Å². The lowest BCUT2D eigenvalue weighted by atomic mass is 10.1. The number of carbonyl (C=O) groups is 1. The van der Waals surface area contributed by atoms with Crippen LogP contribution in [-0.2, 0) is 6.42 Å². The fourth-order valence-electron chi connectivity index (χ4n) is 2.13. The van der Waals surface area contributed by atoms with Crippen molar-refractivity contribution in [1.82, 2.24) is 0 Å². The van der Waals surface area contributed by atoms with E-state index < -0.39 is 0 Å². The first-order chi connectivity index (χ1) is 11.2. The summed E-state index contributed by atoms with van der Waals surface area (Å²) in [6, 6.07) is 13.1. The van der Waals surface area contributed by atoms with Gasteiger partial charge in [0, 0.05) is 23.9 Å². The number of nitrogens with one attached hydrogen (secondary N) is 1. The highest BCUT2D eigenvalue weighted by atomic mass is 16.5. The molecule has 0 aromatic heterocycles. The van der Waals surface area contributed by atoms with Gasteiger partial charge in [-0.3, -0.25) is 4.79 Å². The van der Waals surface area contributed by atoms with Gasteiger partial charge in [-0.2, -0.15) is 0 Å². The van der Waals surface area contributed by atoms with Gasteiger partial charge in [-0.25, -0.2) is 0 Å². The standard InChI is InChI=1S/C19H21NO3/c1-4-14-5-7-15(8-6-14)18(21)11-12-20-17-10-9-16(22-2)13-19(17)23-3/h5-13,20H,4H2,1-3H3/b12-11-. The molecule has 120 valence electrons. The lowest BCUT2D eigenvalue weighted by Crippen LogP contribution is -1.98. The van der Waals surface area contributed by atoms with Gasteiger partial charge < -0.3 is 14.8 Å². The molecule has 0 bridgehead atoms. The Bertz CT molecular complexity index is 690. The van der Waals surface area contributed by atoms with E-state index in [0.717, 1.165) is 12.1 Å². The molecule has 0 aliphatic heterocycles. The predicted octanol–water partition coefficient (Wildman–Crippen LogP) is 4.07. The Morgan fingerprint density at radius 2 is 1.83 bits per heavy atom. The third-order valence-electron chi connectivity index (χ3n) is 3.53.